The van der Waals surface area contributed by atoms with Gasteiger partial charge in [-0.05, 0) is 42.3 Å². The first-order valence-corrected chi connectivity index (χ1v) is 8.30. The lowest BCUT2D eigenvalue weighted by Crippen LogP contribution is -2.02. The highest BCUT2D eigenvalue weighted by molar-refractivity contribution is 5.66. The molecule has 2 aromatic carbocycles. The van der Waals surface area contributed by atoms with Gasteiger partial charge >= 0.3 is 12.8 Å². The molecule has 1 heterocycles. The zero-order valence-corrected chi connectivity index (χ0v) is 14.8. The molecule has 8 heteroatoms. The van der Waals surface area contributed by atoms with E-state index >= 15 is 0 Å². The van der Waals surface area contributed by atoms with Gasteiger partial charge in [-0.15, -0.1) is 0 Å². The van der Waals surface area contributed by atoms with Crippen LogP contribution in [0.15, 0.2) is 59.0 Å². The molecule has 146 valence electrons. The number of halogens is 2. The Morgan fingerprint density at radius 1 is 1.11 bits per heavy atom. The molecule has 0 spiro atoms. The average Bonchev–Trinajstić information content (AvgIpc) is 2.99. The second-order valence-electron chi connectivity index (χ2n) is 5.85. The van der Waals surface area contributed by atoms with Crippen LogP contribution in [0.25, 0.3) is 11.1 Å². The number of hydrogen-bond acceptors (Lipinski definition) is 5. The highest BCUT2D eigenvalue weighted by Gasteiger charge is 2.11. The molecule has 2 N–H and O–H groups in total. The van der Waals surface area contributed by atoms with Gasteiger partial charge in [0.25, 0.3) is 5.95 Å². The van der Waals surface area contributed by atoms with Crippen molar-refractivity contribution in [2.24, 2.45) is 0 Å². The number of hydrogen-bond donors (Lipinski definition) is 2. The first-order valence-electron chi connectivity index (χ1n) is 8.30. The van der Waals surface area contributed by atoms with Gasteiger partial charge in [-0.3, -0.25) is 0 Å². The molecule has 0 aliphatic rings. The van der Waals surface area contributed by atoms with Crippen LogP contribution in [-0.4, -0.2) is 17.9 Å². The van der Waals surface area contributed by atoms with Crippen molar-refractivity contribution in [1.29, 1.82) is 0 Å². The van der Waals surface area contributed by atoms with Gasteiger partial charge in [0.1, 0.15) is 11.5 Å². The molecule has 0 atom stereocenters. The summed E-state index contributed by atoms with van der Waals surface area (Å²) in [4.78, 5) is 10.5. The number of benzene rings is 2. The normalized spacial score (nSPS) is 10.7. The molecule has 0 saturated heterocycles. The first kappa shape index (κ1) is 19.2. The highest BCUT2D eigenvalue weighted by atomic mass is 19.3. The third-order valence-corrected chi connectivity index (χ3v) is 3.97. The van der Waals surface area contributed by atoms with Crippen molar-refractivity contribution in [3.05, 3.63) is 65.9 Å². The maximum Gasteiger partial charge on any atom is 0.513 e. The van der Waals surface area contributed by atoms with Crippen LogP contribution in [-0.2, 0) is 6.54 Å². The molecule has 0 unspecified atom stereocenters. The van der Waals surface area contributed by atoms with Crippen LogP contribution >= 0.6 is 0 Å². The predicted octanol–water partition coefficient (Wildman–Crippen LogP) is 5.53. The average molecular weight is 389 g/mol. The third kappa shape index (κ3) is 5.00. The fraction of sp³-hybridized carbons (Fsp3) is 0.150. The number of aryl methyl sites for hydroxylation is 1. The van der Waals surface area contributed by atoms with E-state index < -0.39 is 12.8 Å². The molecule has 0 amide bonds. The number of carbonyl (C=O) groups is 1. The topological polar surface area (TPSA) is 80.9 Å². The Morgan fingerprint density at radius 2 is 1.71 bits per heavy atom. The molecule has 28 heavy (non-hydrogen) atoms. The Balaban J connectivity index is 1.62. The molecule has 0 radical (unpaired) electrons. The molecule has 3 aromatic rings. The molecular weight excluding hydrogens is 372 g/mol. The van der Waals surface area contributed by atoms with Crippen molar-refractivity contribution >= 4 is 11.8 Å². The molecule has 0 fully saturated rings. The third-order valence-electron chi connectivity index (χ3n) is 3.97. The van der Waals surface area contributed by atoms with E-state index in [1.165, 1.54) is 18.2 Å². The number of furan rings is 1. The van der Waals surface area contributed by atoms with Gasteiger partial charge in [-0.1, -0.05) is 24.3 Å². The summed E-state index contributed by atoms with van der Waals surface area (Å²) >= 11 is 0. The van der Waals surface area contributed by atoms with Gasteiger partial charge in [-0.25, -0.2) is 4.79 Å². The van der Waals surface area contributed by atoms with E-state index in [0.29, 0.717) is 12.3 Å². The van der Waals surface area contributed by atoms with E-state index in [0.717, 1.165) is 22.4 Å². The van der Waals surface area contributed by atoms with Gasteiger partial charge < -0.3 is 24.3 Å². The van der Waals surface area contributed by atoms with Crippen LogP contribution in [0.1, 0.15) is 11.3 Å². The van der Waals surface area contributed by atoms with E-state index in [-0.39, 0.29) is 11.7 Å². The van der Waals surface area contributed by atoms with Crippen molar-refractivity contribution in [3.63, 3.8) is 0 Å². The largest absolute Gasteiger partial charge is 0.513 e. The van der Waals surface area contributed by atoms with E-state index in [2.05, 4.69) is 14.8 Å². The number of ether oxygens (including phenoxy) is 2. The minimum absolute atomic E-state index is 0.0728. The van der Waals surface area contributed by atoms with Gasteiger partial charge in [0.15, 0.2) is 0 Å². The van der Waals surface area contributed by atoms with Gasteiger partial charge in [0, 0.05) is 23.9 Å². The molecule has 0 saturated carbocycles. The summed E-state index contributed by atoms with van der Waals surface area (Å²) in [7, 11) is 0. The van der Waals surface area contributed by atoms with Crippen LogP contribution in [0.3, 0.4) is 0 Å². The Bertz CT molecular complexity index is 936. The zero-order valence-electron chi connectivity index (χ0n) is 14.8. The second kappa shape index (κ2) is 8.43. The van der Waals surface area contributed by atoms with Crippen LogP contribution in [0.4, 0.5) is 19.3 Å². The molecular formula is C20H17F2NO5. The summed E-state index contributed by atoms with van der Waals surface area (Å²) in [5, 5.41) is 11.8. The number of alkyl halides is 2. The van der Waals surface area contributed by atoms with Crippen molar-refractivity contribution in [1.82, 2.24) is 0 Å². The summed E-state index contributed by atoms with van der Waals surface area (Å²) < 4.78 is 38.5. The Morgan fingerprint density at radius 3 is 2.29 bits per heavy atom. The standard InChI is InChI=1S/C20H17F2NO5/c1-12-15(10-18(26-12)28-20(24)25)11-23-16-6-2-13(3-7-16)14-4-8-17(9-5-14)27-19(21)22/h2-10,19,23H,11H2,1H3,(H,24,25). The zero-order chi connectivity index (χ0) is 20.1. The first-order chi connectivity index (χ1) is 13.4. The van der Waals surface area contributed by atoms with E-state index in [9.17, 15) is 13.6 Å². The predicted molar refractivity (Wildman–Crippen MR) is 97.9 cm³/mol. The van der Waals surface area contributed by atoms with Gasteiger partial charge in [0.05, 0.1) is 0 Å². The van der Waals surface area contributed by atoms with Crippen molar-refractivity contribution < 1.29 is 32.6 Å². The Hall–Kier alpha value is -3.55. The molecule has 1 aromatic heterocycles. The summed E-state index contributed by atoms with van der Waals surface area (Å²) in [6.07, 6.45) is -1.43. The minimum atomic E-state index is -2.85. The highest BCUT2D eigenvalue weighted by Crippen LogP contribution is 2.26. The van der Waals surface area contributed by atoms with Crippen LogP contribution in [0.5, 0.6) is 11.7 Å². The maximum atomic E-state index is 12.2. The van der Waals surface area contributed by atoms with Gasteiger partial charge in [-0.2, -0.15) is 8.78 Å². The lowest BCUT2D eigenvalue weighted by Gasteiger charge is -2.08. The second-order valence-corrected chi connectivity index (χ2v) is 5.85. The van der Waals surface area contributed by atoms with Crippen LogP contribution in [0, 0.1) is 6.92 Å². The van der Waals surface area contributed by atoms with Crippen molar-refractivity contribution in [3.8, 4) is 22.8 Å². The lowest BCUT2D eigenvalue weighted by atomic mass is 10.1. The van der Waals surface area contributed by atoms with Crippen molar-refractivity contribution in [2.75, 3.05) is 5.32 Å². The number of nitrogens with one attached hydrogen (secondary N) is 1. The molecule has 0 bridgehead atoms. The summed E-state index contributed by atoms with van der Waals surface area (Å²) in [5.74, 6) is 0.599. The fourth-order valence-corrected chi connectivity index (χ4v) is 2.61. The van der Waals surface area contributed by atoms with E-state index in [4.69, 9.17) is 9.52 Å². The van der Waals surface area contributed by atoms with Crippen LogP contribution < -0.4 is 14.8 Å². The van der Waals surface area contributed by atoms with Gasteiger partial charge in [0.2, 0.25) is 0 Å². The Kier molecular flexibility index (Phi) is 5.78. The summed E-state index contributed by atoms with van der Waals surface area (Å²) in [6, 6.07) is 15.5. The van der Waals surface area contributed by atoms with Crippen molar-refractivity contribution in [2.45, 2.75) is 20.1 Å². The van der Waals surface area contributed by atoms with E-state index in [1.807, 2.05) is 24.3 Å². The Labute approximate surface area is 159 Å². The number of anilines is 1. The summed E-state index contributed by atoms with van der Waals surface area (Å²) in [6.45, 7) is -0.699. The SMILES string of the molecule is Cc1oc(OC(=O)O)cc1CNc1ccc(-c2ccc(OC(F)F)cc2)cc1. The van der Waals surface area contributed by atoms with Crippen LogP contribution in [0.2, 0.25) is 0 Å². The fourth-order valence-electron chi connectivity index (χ4n) is 2.61. The maximum absolute atomic E-state index is 12.2. The monoisotopic (exact) mass is 389 g/mol. The molecule has 0 aliphatic carbocycles. The smallest absolute Gasteiger partial charge is 0.449 e. The lowest BCUT2D eigenvalue weighted by molar-refractivity contribution is -0.0498. The number of carboxylic acid groups (broad SMARTS) is 1. The molecule has 6 nitrogen and oxygen atoms in total. The summed E-state index contributed by atoms with van der Waals surface area (Å²) in [5.41, 5.74) is 3.41. The quantitative estimate of drug-likeness (QED) is 0.518. The number of rotatable bonds is 7. The molecule has 3 rings (SSSR count). The minimum Gasteiger partial charge on any atom is -0.449 e. The van der Waals surface area contributed by atoms with E-state index in [1.54, 1.807) is 19.1 Å². The molecule has 0 aliphatic heterocycles.